The van der Waals surface area contributed by atoms with Crippen LogP contribution in [0.2, 0.25) is 0 Å². The second-order valence-corrected chi connectivity index (χ2v) is 6.81. The molecule has 140 valence electrons. The van der Waals surface area contributed by atoms with Crippen LogP contribution in [0.4, 0.5) is 0 Å². The van der Waals surface area contributed by atoms with Gasteiger partial charge in [0, 0.05) is 12.6 Å². The molecule has 0 fully saturated rings. The Bertz CT molecular complexity index is 1130. The predicted molar refractivity (Wildman–Crippen MR) is 108 cm³/mol. The normalized spacial score (nSPS) is 10.8. The lowest BCUT2D eigenvalue weighted by Crippen LogP contribution is -2.28. The van der Waals surface area contributed by atoms with Crippen molar-refractivity contribution < 1.29 is 9.53 Å². The average Bonchev–Trinajstić information content (AvgIpc) is 2.64. The third-order valence-corrected chi connectivity index (χ3v) is 4.71. The Kier molecular flexibility index (Phi) is 5.41. The molecule has 0 atom stereocenters. The summed E-state index contributed by atoms with van der Waals surface area (Å²) in [5.41, 5.74) is 3.05. The molecule has 7 heteroatoms. The van der Waals surface area contributed by atoms with Gasteiger partial charge in [0.15, 0.2) is 4.77 Å². The minimum Gasteiger partial charge on any atom is -0.491 e. The van der Waals surface area contributed by atoms with E-state index in [0.29, 0.717) is 34.4 Å². The van der Waals surface area contributed by atoms with Crippen molar-refractivity contribution in [2.45, 2.75) is 13.8 Å². The zero-order valence-electron chi connectivity index (χ0n) is 15.5. The molecule has 2 aromatic carbocycles. The van der Waals surface area contributed by atoms with Crippen LogP contribution in [-0.2, 0) is 7.05 Å². The summed E-state index contributed by atoms with van der Waals surface area (Å²) in [6.45, 7) is 4.76. The molecule has 0 saturated heterocycles. The molecule has 0 unspecified atom stereocenters. The minimum absolute atomic E-state index is 0.192. The number of ether oxygens (including phenoxy) is 1. The number of nitrogens with zero attached hydrogens (tertiary/aromatic N) is 1. The van der Waals surface area contributed by atoms with Crippen LogP contribution in [0.5, 0.6) is 5.75 Å². The Morgan fingerprint density at radius 2 is 2.00 bits per heavy atom. The Balaban J connectivity index is 1.65. The first-order chi connectivity index (χ1) is 12.9. The SMILES string of the molecule is Cc1ccc(OCCNC(=O)c2ccc3c(=O)n(C)c(=S)[nH]c3c2)c(C)c1. The number of rotatable bonds is 5. The number of aryl methyl sites for hydroxylation is 2. The lowest BCUT2D eigenvalue weighted by Gasteiger charge is -2.11. The fraction of sp³-hybridized carbons (Fsp3) is 0.250. The summed E-state index contributed by atoms with van der Waals surface area (Å²) in [5.74, 6) is 0.574. The fourth-order valence-corrected chi connectivity index (χ4v) is 3.03. The van der Waals surface area contributed by atoms with E-state index in [4.69, 9.17) is 17.0 Å². The number of hydrogen-bond acceptors (Lipinski definition) is 4. The maximum Gasteiger partial charge on any atom is 0.261 e. The van der Waals surface area contributed by atoms with Crippen LogP contribution in [0, 0.1) is 18.6 Å². The lowest BCUT2D eigenvalue weighted by molar-refractivity contribution is 0.0947. The van der Waals surface area contributed by atoms with Crippen molar-refractivity contribution in [3.63, 3.8) is 0 Å². The van der Waals surface area contributed by atoms with Crippen LogP contribution in [0.3, 0.4) is 0 Å². The molecule has 1 amide bonds. The molecule has 27 heavy (non-hydrogen) atoms. The number of carbonyl (C=O) groups excluding carboxylic acids is 1. The standard InChI is InChI=1S/C20H21N3O3S/c1-12-4-7-17(13(2)10-12)26-9-8-21-18(24)14-5-6-15-16(11-14)22-20(27)23(3)19(15)25/h4-7,10-11H,8-9H2,1-3H3,(H,21,24)(H,22,27). The van der Waals surface area contributed by atoms with Gasteiger partial charge in [-0.25, -0.2) is 0 Å². The highest BCUT2D eigenvalue weighted by Gasteiger charge is 2.09. The molecule has 0 aliphatic carbocycles. The number of H-pyrrole nitrogens is 1. The Morgan fingerprint density at radius 1 is 1.22 bits per heavy atom. The molecule has 0 spiro atoms. The minimum atomic E-state index is -0.235. The van der Waals surface area contributed by atoms with Crippen LogP contribution in [-0.4, -0.2) is 28.6 Å². The molecule has 3 rings (SSSR count). The molecule has 0 bridgehead atoms. The van der Waals surface area contributed by atoms with Crippen molar-refractivity contribution in [1.29, 1.82) is 0 Å². The van der Waals surface area contributed by atoms with E-state index < -0.39 is 0 Å². The van der Waals surface area contributed by atoms with Gasteiger partial charge in [0.05, 0.1) is 17.4 Å². The number of nitrogens with one attached hydrogen (secondary N) is 2. The Hall–Kier alpha value is -2.93. The van der Waals surface area contributed by atoms with E-state index in [1.54, 1.807) is 25.2 Å². The topological polar surface area (TPSA) is 76.1 Å². The molecule has 0 saturated carbocycles. The van der Waals surface area contributed by atoms with Crippen molar-refractivity contribution in [3.8, 4) is 5.75 Å². The number of benzene rings is 2. The second kappa shape index (κ2) is 7.75. The van der Waals surface area contributed by atoms with E-state index in [0.717, 1.165) is 11.3 Å². The molecular weight excluding hydrogens is 362 g/mol. The zero-order valence-corrected chi connectivity index (χ0v) is 16.3. The highest BCUT2D eigenvalue weighted by Crippen LogP contribution is 2.18. The van der Waals surface area contributed by atoms with Gasteiger partial charge in [-0.1, -0.05) is 17.7 Å². The van der Waals surface area contributed by atoms with E-state index in [9.17, 15) is 9.59 Å². The molecule has 0 radical (unpaired) electrons. The van der Waals surface area contributed by atoms with Gasteiger partial charge in [0.1, 0.15) is 12.4 Å². The average molecular weight is 383 g/mol. The van der Waals surface area contributed by atoms with Crippen molar-refractivity contribution >= 4 is 29.0 Å². The Morgan fingerprint density at radius 3 is 2.74 bits per heavy atom. The molecule has 6 nitrogen and oxygen atoms in total. The fourth-order valence-electron chi connectivity index (χ4n) is 2.84. The number of carbonyl (C=O) groups is 1. The Labute approximate surface area is 161 Å². The summed E-state index contributed by atoms with van der Waals surface area (Å²) >= 11 is 5.12. The van der Waals surface area contributed by atoms with Gasteiger partial charge in [-0.3, -0.25) is 14.2 Å². The van der Waals surface area contributed by atoms with Gasteiger partial charge in [-0.2, -0.15) is 0 Å². The summed E-state index contributed by atoms with van der Waals surface area (Å²) < 4.78 is 7.39. The van der Waals surface area contributed by atoms with Gasteiger partial charge in [0.25, 0.3) is 11.5 Å². The van der Waals surface area contributed by atoms with Crippen molar-refractivity contribution in [1.82, 2.24) is 14.9 Å². The quantitative estimate of drug-likeness (QED) is 0.525. The summed E-state index contributed by atoms with van der Waals surface area (Å²) in [6, 6.07) is 10.9. The largest absolute Gasteiger partial charge is 0.491 e. The molecule has 1 aromatic heterocycles. The number of fused-ring (bicyclic) bond motifs is 1. The third kappa shape index (κ3) is 4.09. The summed E-state index contributed by atoms with van der Waals surface area (Å²) in [5, 5.41) is 3.31. The smallest absolute Gasteiger partial charge is 0.261 e. The van der Waals surface area contributed by atoms with E-state index in [1.165, 1.54) is 10.1 Å². The van der Waals surface area contributed by atoms with Gasteiger partial charge >= 0.3 is 0 Å². The highest BCUT2D eigenvalue weighted by molar-refractivity contribution is 7.71. The van der Waals surface area contributed by atoms with E-state index in [-0.39, 0.29) is 11.5 Å². The molecule has 3 aromatic rings. The van der Waals surface area contributed by atoms with Crippen LogP contribution in [0.1, 0.15) is 21.5 Å². The number of aromatic amines is 1. The van der Waals surface area contributed by atoms with Crippen molar-refractivity contribution in [3.05, 3.63) is 68.2 Å². The molecule has 1 heterocycles. The summed E-state index contributed by atoms with van der Waals surface area (Å²) in [6.07, 6.45) is 0. The van der Waals surface area contributed by atoms with Gasteiger partial charge in [0.2, 0.25) is 0 Å². The van der Waals surface area contributed by atoms with Gasteiger partial charge in [-0.15, -0.1) is 0 Å². The van der Waals surface area contributed by atoms with Gasteiger partial charge < -0.3 is 15.0 Å². The maximum atomic E-state index is 12.4. The first-order valence-electron chi connectivity index (χ1n) is 8.58. The predicted octanol–water partition coefficient (Wildman–Crippen LogP) is 3.02. The highest BCUT2D eigenvalue weighted by atomic mass is 32.1. The van der Waals surface area contributed by atoms with Crippen molar-refractivity contribution in [2.75, 3.05) is 13.2 Å². The van der Waals surface area contributed by atoms with Crippen LogP contribution in [0.25, 0.3) is 10.9 Å². The maximum absolute atomic E-state index is 12.4. The van der Waals surface area contributed by atoms with E-state index in [2.05, 4.69) is 16.4 Å². The van der Waals surface area contributed by atoms with Crippen molar-refractivity contribution in [2.24, 2.45) is 7.05 Å². The molecule has 0 aliphatic heterocycles. The van der Waals surface area contributed by atoms with E-state index >= 15 is 0 Å². The summed E-state index contributed by atoms with van der Waals surface area (Å²) in [4.78, 5) is 27.5. The molecular formula is C20H21N3O3S. The summed E-state index contributed by atoms with van der Waals surface area (Å²) in [7, 11) is 1.61. The lowest BCUT2D eigenvalue weighted by atomic mass is 10.1. The number of amides is 1. The number of hydrogen-bond donors (Lipinski definition) is 2. The van der Waals surface area contributed by atoms with E-state index in [1.807, 2.05) is 26.0 Å². The number of aromatic nitrogens is 2. The van der Waals surface area contributed by atoms with Crippen LogP contribution >= 0.6 is 12.2 Å². The monoisotopic (exact) mass is 383 g/mol. The molecule has 0 aliphatic rings. The van der Waals surface area contributed by atoms with Gasteiger partial charge in [-0.05, 0) is 55.9 Å². The van der Waals surface area contributed by atoms with Crippen LogP contribution < -0.4 is 15.6 Å². The first kappa shape index (κ1) is 18.8. The zero-order chi connectivity index (χ0) is 19.6. The third-order valence-electron chi connectivity index (χ3n) is 4.34. The first-order valence-corrected chi connectivity index (χ1v) is 8.99. The second-order valence-electron chi connectivity index (χ2n) is 6.43. The van der Waals surface area contributed by atoms with Crippen LogP contribution in [0.15, 0.2) is 41.2 Å². The molecule has 2 N–H and O–H groups in total.